The van der Waals surface area contributed by atoms with Crippen LogP contribution in [0.25, 0.3) is 11.3 Å². The Labute approximate surface area is 157 Å². The molecule has 2 aliphatic rings. The number of fused-ring (bicyclic) bond motifs is 2. The maximum Gasteiger partial charge on any atom is 0.0682 e. The SMILES string of the molecule is Cc1ccc(CN(C)C2CC3CCC(C2)N3)c(-c2ccnn2C)c1.Cl. The maximum atomic E-state index is 4.36. The molecule has 5 heteroatoms. The minimum atomic E-state index is 0. The fraction of sp³-hybridized carbons (Fsp3) is 0.550. The van der Waals surface area contributed by atoms with E-state index in [4.69, 9.17) is 0 Å². The molecular weight excluding hydrogens is 332 g/mol. The molecule has 136 valence electrons. The molecule has 25 heavy (non-hydrogen) atoms. The molecule has 0 aliphatic carbocycles. The molecule has 1 N–H and O–H groups in total. The summed E-state index contributed by atoms with van der Waals surface area (Å²) in [6.45, 7) is 3.17. The summed E-state index contributed by atoms with van der Waals surface area (Å²) in [5, 5.41) is 8.11. The quantitative estimate of drug-likeness (QED) is 0.905. The number of nitrogens with zero attached hydrogens (tertiary/aromatic N) is 3. The van der Waals surface area contributed by atoms with Gasteiger partial charge in [-0.3, -0.25) is 9.58 Å². The number of halogens is 1. The molecular formula is C20H29ClN4. The highest BCUT2D eigenvalue weighted by molar-refractivity contribution is 5.85. The van der Waals surface area contributed by atoms with Crippen LogP contribution in [0.3, 0.4) is 0 Å². The van der Waals surface area contributed by atoms with Crippen molar-refractivity contribution in [1.29, 1.82) is 0 Å². The monoisotopic (exact) mass is 360 g/mol. The first-order chi connectivity index (χ1) is 11.6. The van der Waals surface area contributed by atoms with Crippen LogP contribution in [-0.2, 0) is 13.6 Å². The van der Waals surface area contributed by atoms with Crippen molar-refractivity contribution >= 4 is 12.4 Å². The molecule has 2 aliphatic heterocycles. The lowest BCUT2D eigenvalue weighted by molar-refractivity contribution is 0.166. The van der Waals surface area contributed by atoms with Crippen LogP contribution < -0.4 is 5.32 Å². The van der Waals surface area contributed by atoms with E-state index in [1.807, 2.05) is 17.9 Å². The third kappa shape index (κ3) is 3.76. The zero-order chi connectivity index (χ0) is 16.7. The molecule has 2 atom stereocenters. The van der Waals surface area contributed by atoms with E-state index in [1.54, 1.807) is 0 Å². The molecule has 0 spiro atoms. The molecule has 2 bridgehead atoms. The van der Waals surface area contributed by atoms with E-state index in [2.05, 4.69) is 53.6 Å². The van der Waals surface area contributed by atoms with Crippen LogP contribution in [0.2, 0.25) is 0 Å². The van der Waals surface area contributed by atoms with Crippen LogP contribution in [0.1, 0.15) is 36.8 Å². The standard InChI is InChI=1S/C20H28N4.ClH/c1-14-4-5-15(19(10-14)20-8-9-21-24(20)3)13-23(2)18-11-16-6-7-17(12-18)22-16;/h4-5,8-10,16-18,22H,6-7,11-13H2,1-3H3;1H. The molecule has 2 aromatic rings. The first-order valence-electron chi connectivity index (χ1n) is 9.14. The van der Waals surface area contributed by atoms with Gasteiger partial charge in [0, 0.05) is 43.5 Å². The highest BCUT2D eigenvalue weighted by atomic mass is 35.5. The first kappa shape index (κ1) is 18.4. The summed E-state index contributed by atoms with van der Waals surface area (Å²) in [7, 11) is 4.32. The second kappa shape index (κ2) is 7.48. The Morgan fingerprint density at radius 1 is 1.20 bits per heavy atom. The summed E-state index contributed by atoms with van der Waals surface area (Å²) in [4.78, 5) is 2.57. The third-order valence-corrected chi connectivity index (χ3v) is 5.85. The van der Waals surface area contributed by atoms with Crippen LogP contribution in [0, 0.1) is 6.92 Å². The minimum Gasteiger partial charge on any atom is -0.311 e. The van der Waals surface area contributed by atoms with Crippen molar-refractivity contribution in [2.24, 2.45) is 7.05 Å². The number of rotatable bonds is 4. The number of piperidine rings is 1. The van der Waals surface area contributed by atoms with Crippen molar-refractivity contribution in [2.75, 3.05) is 7.05 Å². The second-order valence-electron chi connectivity index (χ2n) is 7.68. The van der Waals surface area contributed by atoms with Crippen LogP contribution >= 0.6 is 12.4 Å². The molecule has 1 aromatic carbocycles. The van der Waals surface area contributed by atoms with Gasteiger partial charge in [-0.15, -0.1) is 12.4 Å². The molecule has 4 rings (SSSR count). The van der Waals surface area contributed by atoms with Gasteiger partial charge in [0.25, 0.3) is 0 Å². The fourth-order valence-corrected chi connectivity index (χ4v) is 4.49. The summed E-state index contributed by atoms with van der Waals surface area (Å²) in [6, 6.07) is 11.1. The highest BCUT2D eigenvalue weighted by Gasteiger charge is 2.35. The van der Waals surface area contributed by atoms with Crippen LogP contribution in [-0.4, -0.2) is 39.9 Å². The van der Waals surface area contributed by atoms with Crippen molar-refractivity contribution < 1.29 is 0 Å². The Morgan fingerprint density at radius 3 is 2.56 bits per heavy atom. The van der Waals surface area contributed by atoms with E-state index >= 15 is 0 Å². The van der Waals surface area contributed by atoms with Gasteiger partial charge in [-0.05, 0) is 57.4 Å². The zero-order valence-corrected chi connectivity index (χ0v) is 16.2. The van der Waals surface area contributed by atoms with Gasteiger partial charge < -0.3 is 5.32 Å². The molecule has 0 amide bonds. The van der Waals surface area contributed by atoms with E-state index in [0.717, 1.165) is 18.6 Å². The Balaban J connectivity index is 0.00000182. The average molecular weight is 361 g/mol. The van der Waals surface area contributed by atoms with E-state index < -0.39 is 0 Å². The summed E-state index contributed by atoms with van der Waals surface area (Å²) >= 11 is 0. The molecule has 0 saturated carbocycles. The van der Waals surface area contributed by atoms with E-state index in [9.17, 15) is 0 Å². The average Bonchev–Trinajstić information content (AvgIpc) is 3.14. The van der Waals surface area contributed by atoms with Crippen molar-refractivity contribution in [3.8, 4) is 11.3 Å². The summed E-state index contributed by atoms with van der Waals surface area (Å²) in [5.74, 6) is 0. The largest absolute Gasteiger partial charge is 0.311 e. The van der Waals surface area contributed by atoms with Gasteiger partial charge in [0.15, 0.2) is 0 Å². The summed E-state index contributed by atoms with van der Waals surface area (Å²) < 4.78 is 1.98. The van der Waals surface area contributed by atoms with Gasteiger partial charge in [0.05, 0.1) is 5.69 Å². The highest BCUT2D eigenvalue weighted by Crippen LogP contribution is 2.31. The van der Waals surface area contributed by atoms with Crippen LogP contribution in [0.5, 0.6) is 0 Å². The Morgan fingerprint density at radius 2 is 1.92 bits per heavy atom. The lowest BCUT2D eigenvalue weighted by Crippen LogP contribution is -2.46. The lowest BCUT2D eigenvalue weighted by Gasteiger charge is -2.36. The van der Waals surface area contributed by atoms with Gasteiger partial charge in [-0.1, -0.05) is 17.7 Å². The van der Waals surface area contributed by atoms with Crippen LogP contribution in [0.4, 0.5) is 0 Å². The van der Waals surface area contributed by atoms with E-state index in [0.29, 0.717) is 6.04 Å². The number of benzene rings is 1. The zero-order valence-electron chi connectivity index (χ0n) is 15.4. The van der Waals surface area contributed by atoms with Gasteiger partial charge >= 0.3 is 0 Å². The van der Waals surface area contributed by atoms with Crippen molar-refractivity contribution in [3.05, 3.63) is 41.6 Å². The molecule has 4 nitrogen and oxygen atoms in total. The first-order valence-corrected chi connectivity index (χ1v) is 9.14. The lowest BCUT2D eigenvalue weighted by atomic mass is 9.96. The van der Waals surface area contributed by atoms with Gasteiger partial charge in [-0.2, -0.15) is 5.10 Å². The number of hydrogen-bond donors (Lipinski definition) is 1. The molecule has 3 heterocycles. The maximum absolute atomic E-state index is 4.36. The van der Waals surface area contributed by atoms with E-state index in [-0.39, 0.29) is 12.4 Å². The van der Waals surface area contributed by atoms with Gasteiger partial charge in [-0.25, -0.2) is 0 Å². The molecule has 2 saturated heterocycles. The second-order valence-corrected chi connectivity index (χ2v) is 7.68. The number of aryl methyl sites for hydroxylation is 2. The van der Waals surface area contributed by atoms with E-state index in [1.165, 1.54) is 48.1 Å². The number of hydrogen-bond acceptors (Lipinski definition) is 3. The molecule has 2 unspecified atom stereocenters. The Kier molecular flexibility index (Phi) is 5.52. The van der Waals surface area contributed by atoms with Gasteiger partial charge in [0.1, 0.15) is 0 Å². The minimum absolute atomic E-state index is 0. The predicted octanol–water partition coefficient (Wildman–Crippen LogP) is 3.53. The van der Waals surface area contributed by atoms with Crippen molar-refractivity contribution in [3.63, 3.8) is 0 Å². The van der Waals surface area contributed by atoms with Crippen LogP contribution in [0.15, 0.2) is 30.5 Å². The Bertz CT molecular complexity index is 714. The fourth-order valence-electron chi connectivity index (χ4n) is 4.49. The summed E-state index contributed by atoms with van der Waals surface area (Å²) in [6.07, 6.45) is 7.19. The predicted molar refractivity (Wildman–Crippen MR) is 105 cm³/mol. The normalized spacial score (nSPS) is 25.2. The molecule has 0 radical (unpaired) electrons. The Hall–Kier alpha value is -1.36. The summed E-state index contributed by atoms with van der Waals surface area (Å²) in [5.41, 5.74) is 5.22. The number of aromatic nitrogens is 2. The van der Waals surface area contributed by atoms with Crippen molar-refractivity contribution in [1.82, 2.24) is 20.0 Å². The molecule has 2 fully saturated rings. The topological polar surface area (TPSA) is 33.1 Å². The van der Waals surface area contributed by atoms with Crippen molar-refractivity contribution in [2.45, 2.75) is 57.3 Å². The third-order valence-electron chi connectivity index (χ3n) is 5.85. The number of nitrogens with one attached hydrogen (secondary N) is 1. The molecule has 1 aromatic heterocycles. The smallest absolute Gasteiger partial charge is 0.0682 e. The van der Waals surface area contributed by atoms with Gasteiger partial charge in [0.2, 0.25) is 0 Å².